The summed E-state index contributed by atoms with van der Waals surface area (Å²) in [7, 11) is 0. The Morgan fingerprint density at radius 2 is 0.561 bits per heavy atom. The van der Waals surface area contributed by atoms with E-state index < -0.39 is 0 Å². The molecule has 0 spiro atoms. The van der Waals surface area contributed by atoms with E-state index in [9.17, 15) is 0 Å². The van der Waals surface area contributed by atoms with Gasteiger partial charge < -0.3 is 29.9 Å². The topological polar surface area (TPSA) is 106 Å². The number of benzene rings is 4. The Balaban J connectivity index is 0.00000256. The van der Waals surface area contributed by atoms with E-state index in [2.05, 4.69) is 0 Å². The fourth-order valence-electron chi connectivity index (χ4n) is 5.46. The molecule has 8 nitrogen and oxygen atoms in total. The van der Waals surface area contributed by atoms with E-state index >= 15 is 0 Å². The maximum absolute atomic E-state index is 4.95. The van der Waals surface area contributed by atoms with E-state index in [4.69, 9.17) is 39.9 Å². The van der Waals surface area contributed by atoms with Gasteiger partial charge in [-0.15, -0.1) is 0 Å². The number of hydrogen-bond donors (Lipinski definition) is 0. The molecule has 7 aromatic rings. The number of nitrogens with zero attached hydrogens (tertiary/aromatic N) is 8. The van der Waals surface area contributed by atoms with Crippen molar-refractivity contribution in [1.82, 2.24) is 39.9 Å². The van der Waals surface area contributed by atoms with Crippen LogP contribution < -0.4 is 9.97 Å². The molecule has 41 heavy (non-hydrogen) atoms. The molecule has 2 aliphatic heterocycles. The van der Waals surface area contributed by atoms with Crippen molar-refractivity contribution in [3.63, 3.8) is 0 Å². The van der Waals surface area contributed by atoms with Gasteiger partial charge in [-0.25, -0.2) is 9.97 Å². The molecule has 0 saturated heterocycles. The first-order chi connectivity index (χ1) is 19.8. The molecule has 3 aromatic heterocycles. The molecule has 2 aliphatic rings. The quantitative estimate of drug-likeness (QED) is 0.217. The van der Waals surface area contributed by atoms with Crippen molar-refractivity contribution in [1.29, 1.82) is 0 Å². The van der Waals surface area contributed by atoms with Crippen LogP contribution in [0.25, 0.3) is 89.7 Å². The molecule has 0 unspecified atom stereocenters. The molecule has 0 aliphatic carbocycles. The minimum Gasteiger partial charge on any atom is -0.357 e. The van der Waals surface area contributed by atoms with Crippen molar-refractivity contribution in [2.45, 2.75) is 0 Å². The summed E-state index contributed by atoms with van der Waals surface area (Å²) in [4.78, 5) is 39.3. The summed E-state index contributed by atoms with van der Waals surface area (Å²) in [6, 6.07) is 31.8. The third-order valence-corrected chi connectivity index (χ3v) is 7.33. The molecule has 0 radical (unpaired) electrons. The largest absolute Gasteiger partial charge is 2.00 e. The summed E-state index contributed by atoms with van der Waals surface area (Å²) in [5, 5.41) is 3.57. The predicted octanol–water partition coefficient (Wildman–Crippen LogP) is 6.12. The van der Waals surface area contributed by atoms with Crippen LogP contribution in [0.5, 0.6) is 0 Å². The zero-order chi connectivity index (χ0) is 26.2. The number of fused-ring (bicyclic) bond motifs is 20. The first-order valence-electron chi connectivity index (χ1n) is 12.9. The Hall–Kier alpha value is -5.23. The first-order valence-corrected chi connectivity index (χ1v) is 12.9. The summed E-state index contributed by atoms with van der Waals surface area (Å²) in [5.74, 6) is 2.21. The Morgan fingerprint density at radius 3 is 0.829 bits per heavy atom. The Bertz CT molecular complexity index is 2030. The Kier molecular flexibility index (Phi) is 5.13. The van der Waals surface area contributed by atoms with E-state index in [1.807, 2.05) is 97.1 Å². The molecule has 4 aromatic carbocycles. The van der Waals surface area contributed by atoms with Crippen LogP contribution in [0.15, 0.2) is 97.1 Å². The maximum Gasteiger partial charge on any atom is 2.00 e. The van der Waals surface area contributed by atoms with Gasteiger partial charge in [-0.05, 0) is 21.5 Å². The second-order valence-electron chi connectivity index (χ2n) is 9.67. The van der Waals surface area contributed by atoms with Gasteiger partial charge in [0.1, 0.15) is 0 Å². The van der Waals surface area contributed by atoms with Gasteiger partial charge in [0.15, 0.2) is 0 Å². The molecule has 0 N–H and O–H groups in total. The van der Waals surface area contributed by atoms with E-state index in [0.29, 0.717) is 45.9 Å². The second kappa shape index (κ2) is 8.90. The number of hydrogen-bond acceptors (Lipinski definition) is 6. The van der Waals surface area contributed by atoms with Crippen LogP contribution in [-0.4, -0.2) is 29.9 Å². The van der Waals surface area contributed by atoms with Gasteiger partial charge in [0.2, 0.25) is 0 Å². The van der Waals surface area contributed by atoms with Crippen molar-refractivity contribution in [2.75, 3.05) is 0 Å². The van der Waals surface area contributed by atoms with E-state index in [1.165, 1.54) is 0 Å². The number of rotatable bonds is 0. The van der Waals surface area contributed by atoms with Gasteiger partial charge in [0.25, 0.3) is 0 Å². The third kappa shape index (κ3) is 3.54. The zero-order valence-corrected chi connectivity index (χ0v) is 22.5. The molecule has 0 saturated carbocycles. The molecule has 0 atom stereocenters. The van der Waals surface area contributed by atoms with E-state index in [-0.39, 0.29) is 17.4 Å². The summed E-state index contributed by atoms with van der Waals surface area (Å²) < 4.78 is 0. The molecule has 0 amide bonds. The van der Waals surface area contributed by atoms with Gasteiger partial charge in [0.05, 0.1) is 23.3 Å². The van der Waals surface area contributed by atoms with Crippen LogP contribution in [0.4, 0.5) is 0 Å². The molecule has 190 valence electrons. The molecule has 9 rings (SSSR count). The Morgan fingerprint density at radius 1 is 0.317 bits per heavy atom. The average molecular weight is 565 g/mol. The molecule has 5 heterocycles. The summed E-state index contributed by atoms with van der Waals surface area (Å²) >= 11 is 0. The molecule has 0 fully saturated rings. The average Bonchev–Trinajstić information content (AvgIpc) is 3.73. The van der Waals surface area contributed by atoms with Crippen molar-refractivity contribution in [3.8, 4) is 45.6 Å². The monoisotopic (exact) mass is 564 g/mol. The maximum atomic E-state index is 4.95. The van der Waals surface area contributed by atoms with Gasteiger partial charge in [-0.1, -0.05) is 97.1 Å². The van der Waals surface area contributed by atoms with Gasteiger partial charge >= 0.3 is 17.4 Å². The van der Waals surface area contributed by atoms with E-state index in [0.717, 1.165) is 43.8 Å². The van der Waals surface area contributed by atoms with Crippen LogP contribution in [-0.2, 0) is 17.4 Å². The molecular weight excluding hydrogens is 548 g/mol. The van der Waals surface area contributed by atoms with Gasteiger partial charge in [-0.3, -0.25) is 0 Å². The van der Waals surface area contributed by atoms with Crippen LogP contribution in [0, 0.1) is 0 Å². The van der Waals surface area contributed by atoms with Crippen molar-refractivity contribution >= 4 is 44.1 Å². The van der Waals surface area contributed by atoms with Gasteiger partial charge in [0, 0.05) is 44.8 Å². The minimum absolute atomic E-state index is 0. The standard InChI is InChI=1S/C32H16N8.Cr/c1-2-10-18-17(9-1)25-33-26(18)38-28-21-13-5-6-14-22(21)30(35-28)40-32-24-16-8-7-15-23(24)31(36-32)39-29-20-12-4-3-11-19(20)27(34-29)37-25;/h1-16H;/q-2;+2. The van der Waals surface area contributed by atoms with Gasteiger partial charge in [-0.2, -0.15) is 0 Å². The third-order valence-electron chi connectivity index (χ3n) is 7.33. The summed E-state index contributed by atoms with van der Waals surface area (Å²) in [6.07, 6.45) is 0. The second-order valence-corrected chi connectivity index (χ2v) is 9.67. The Labute approximate surface area is 243 Å². The van der Waals surface area contributed by atoms with Crippen LogP contribution in [0.2, 0.25) is 0 Å². The molecule has 9 heteroatoms. The fourth-order valence-corrected chi connectivity index (χ4v) is 5.46. The predicted molar refractivity (Wildman–Crippen MR) is 154 cm³/mol. The van der Waals surface area contributed by atoms with Crippen molar-refractivity contribution in [2.24, 2.45) is 0 Å². The first kappa shape index (κ1) is 23.6. The number of aromatic nitrogens is 8. The van der Waals surface area contributed by atoms with Crippen LogP contribution >= 0.6 is 0 Å². The molecular formula is C32H16CrN8. The van der Waals surface area contributed by atoms with E-state index in [1.54, 1.807) is 0 Å². The van der Waals surface area contributed by atoms with Crippen LogP contribution in [0.1, 0.15) is 0 Å². The smallest absolute Gasteiger partial charge is 0.357 e. The normalized spacial score (nSPS) is 11.7. The van der Waals surface area contributed by atoms with Crippen LogP contribution in [0.3, 0.4) is 0 Å². The zero-order valence-electron chi connectivity index (χ0n) is 21.2. The van der Waals surface area contributed by atoms with Crippen molar-refractivity contribution < 1.29 is 17.4 Å². The van der Waals surface area contributed by atoms with Crippen molar-refractivity contribution in [3.05, 3.63) is 97.1 Å². The SMILES string of the molecule is [Cr+2].c1ccc2c(c1)-c1nc-2nc2[n-]c(nc3nc(nc4[n-]c(n1)c1ccccc41)-c1ccccc1-3)c1ccccc21. The minimum atomic E-state index is 0. The molecule has 8 bridgehead atoms. The summed E-state index contributed by atoms with van der Waals surface area (Å²) in [5.41, 5.74) is 5.78. The summed E-state index contributed by atoms with van der Waals surface area (Å²) in [6.45, 7) is 0. The fraction of sp³-hybridized carbons (Fsp3) is 0.